The molecule has 2 aromatic carbocycles. The summed E-state index contributed by atoms with van der Waals surface area (Å²) in [6.45, 7) is 10.6. The quantitative estimate of drug-likeness (QED) is 0.272. The second-order valence-corrected chi connectivity index (χ2v) is 6.32. The molecule has 0 unspecified atom stereocenters. The third-order valence-electron chi connectivity index (χ3n) is 3.84. The van der Waals surface area contributed by atoms with E-state index in [0.717, 1.165) is 11.1 Å². The van der Waals surface area contributed by atoms with Gasteiger partial charge >= 0.3 is 11.9 Å². The normalized spacial score (nSPS) is 10.0. The summed E-state index contributed by atoms with van der Waals surface area (Å²) in [4.78, 5) is 23.0. The monoisotopic (exact) mass is 396 g/mol. The van der Waals surface area contributed by atoms with Crippen LogP contribution in [0.1, 0.15) is 13.8 Å². The van der Waals surface area contributed by atoms with Crippen LogP contribution in [0.25, 0.3) is 11.1 Å². The van der Waals surface area contributed by atoms with E-state index < -0.39 is 11.9 Å². The van der Waals surface area contributed by atoms with Gasteiger partial charge in [-0.3, -0.25) is 0 Å². The summed E-state index contributed by atoms with van der Waals surface area (Å²) in [5, 5.41) is 0. The summed E-state index contributed by atoms with van der Waals surface area (Å²) in [5.74, 6) is 0.478. The number of esters is 2. The highest BCUT2D eigenvalue weighted by atomic mass is 16.6. The van der Waals surface area contributed by atoms with Gasteiger partial charge in [0.1, 0.15) is 19.0 Å². The Balaban J connectivity index is 2.01. The first-order valence-electron chi connectivity index (χ1n) is 8.93. The predicted molar refractivity (Wildman–Crippen MR) is 110 cm³/mol. The van der Waals surface area contributed by atoms with Crippen molar-refractivity contribution in [2.24, 2.45) is 0 Å². The van der Waals surface area contributed by atoms with Gasteiger partial charge < -0.3 is 18.9 Å². The van der Waals surface area contributed by atoms with E-state index in [1.165, 1.54) is 7.11 Å². The molecule has 0 bridgehead atoms. The summed E-state index contributed by atoms with van der Waals surface area (Å²) in [6, 6.07) is 12.7. The van der Waals surface area contributed by atoms with Gasteiger partial charge in [-0.25, -0.2) is 9.59 Å². The molecule has 29 heavy (non-hydrogen) atoms. The Morgan fingerprint density at radius 2 is 1.45 bits per heavy atom. The van der Waals surface area contributed by atoms with Gasteiger partial charge in [-0.2, -0.15) is 0 Å². The van der Waals surface area contributed by atoms with Crippen LogP contribution < -0.4 is 14.2 Å². The van der Waals surface area contributed by atoms with E-state index >= 15 is 0 Å². The maximum absolute atomic E-state index is 11.7. The highest BCUT2D eigenvalue weighted by molar-refractivity contribution is 5.89. The molecule has 0 fully saturated rings. The van der Waals surface area contributed by atoms with Gasteiger partial charge in [0.25, 0.3) is 0 Å². The molecule has 0 aliphatic carbocycles. The average Bonchev–Trinajstić information content (AvgIpc) is 2.71. The lowest BCUT2D eigenvalue weighted by atomic mass is 10.0. The Morgan fingerprint density at radius 3 is 2.03 bits per heavy atom. The van der Waals surface area contributed by atoms with Crippen molar-refractivity contribution in [3.63, 3.8) is 0 Å². The topological polar surface area (TPSA) is 71.1 Å². The third kappa shape index (κ3) is 6.24. The Hall–Kier alpha value is -3.54. The molecule has 152 valence electrons. The van der Waals surface area contributed by atoms with Crippen molar-refractivity contribution in [1.82, 2.24) is 0 Å². The van der Waals surface area contributed by atoms with Gasteiger partial charge in [-0.1, -0.05) is 31.4 Å². The van der Waals surface area contributed by atoms with Gasteiger partial charge in [0.05, 0.1) is 7.11 Å². The number of hydrogen-bond acceptors (Lipinski definition) is 6. The molecule has 0 amide bonds. The van der Waals surface area contributed by atoms with E-state index in [1.54, 1.807) is 26.0 Å². The first-order valence-corrected chi connectivity index (χ1v) is 8.93. The Morgan fingerprint density at radius 1 is 0.828 bits per heavy atom. The summed E-state index contributed by atoms with van der Waals surface area (Å²) in [6.07, 6.45) is 0. The molecule has 0 radical (unpaired) electrons. The molecule has 0 atom stereocenters. The van der Waals surface area contributed by atoms with Crippen LogP contribution in [-0.2, 0) is 14.3 Å². The van der Waals surface area contributed by atoms with Crippen molar-refractivity contribution in [2.75, 3.05) is 20.3 Å². The van der Waals surface area contributed by atoms with Crippen molar-refractivity contribution in [3.05, 3.63) is 66.8 Å². The fourth-order valence-electron chi connectivity index (χ4n) is 2.28. The molecule has 0 spiro atoms. The minimum absolute atomic E-state index is 0.148. The lowest BCUT2D eigenvalue weighted by Gasteiger charge is -2.12. The number of benzene rings is 2. The standard InChI is InChI=1S/C23H24O6/c1-15(2)22(24)28-13-12-27-19-9-6-17(7-10-19)18-8-11-20(21(14-18)26-5)29-23(25)16(3)4/h6-11,14H,1,3,12-13H2,2,4-5H3. The van der Waals surface area contributed by atoms with E-state index in [4.69, 9.17) is 18.9 Å². The van der Waals surface area contributed by atoms with E-state index in [-0.39, 0.29) is 13.2 Å². The van der Waals surface area contributed by atoms with Crippen molar-refractivity contribution in [2.45, 2.75) is 13.8 Å². The molecular formula is C23H24O6. The third-order valence-corrected chi connectivity index (χ3v) is 3.84. The van der Waals surface area contributed by atoms with E-state index in [9.17, 15) is 9.59 Å². The maximum Gasteiger partial charge on any atom is 0.338 e. The van der Waals surface area contributed by atoms with Crippen LogP contribution >= 0.6 is 0 Å². The van der Waals surface area contributed by atoms with Crippen molar-refractivity contribution >= 4 is 11.9 Å². The summed E-state index contributed by atoms with van der Waals surface area (Å²) >= 11 is 0. The highest BCUT2D eigenvalue weighted by Crippen LogP contribution is 2.33. The lowest BCUT2D eigenvalue weighted by molar-refractivity contribution is -0.139. The smallest absolute Gasteiger partial charge is 0.338 e. The lowest BCUT2D eigenvalue weighted by Crippen LogP contribution is -2.12. The molecule has 2 aromatic rings. The van der Waals surface area contributed by atoms with E-state index in [2.05, 4.69) is 13.2 Å². The SMILES string of the molecule is C=C(C)C(=O)OCCOc1ccc(-c2ccc(OC(=O)C(=C)C)c(OC)c2)cc1. The second kappa shape index (κ2) is 10.1. The largest absolute Gasteiger partial charge is 0.493 e. The van der Waals surface area contributed by atoms with Crippen LogP contribution in [0.3, 0.4) is 0 Å². The fourth-order valence-corrected chi connectivity index (χ4v) is 2.28. The summed E-state index contributed by atoms with van der Waals surface area (Å²) < 4.78 is 21.1. The van der Waals surface area contributed by atoms with Crippen molar-refractivity contribution < 1.29 is 28.5 Å². The van der Waals surface area contributed by atoms with Crippen LogP contribution in [-0.4, -0.2) is 32.3 Å². The zero-order valence-corrected chi connectivity index (χ0v) is 16.8. The molecule has 6 nitrogen and oxygen atoms in total. The first kappa shape index (κ1) is 21.8. The van der Waals surface area contributed by atoms with Crippen LogP contribution in [0.4, 0.5) is 0 Å². The van der Waals surface area contributed by atoms with E-state index in [1.807, 2.05) is 30.3 Å². The minimum atomic E-state index is -0.508. The fraction of sp³-hybridized carbons (Fsp3) is 0.217. The van der Waals surface area contributed by atoms with E-state index in [0.29, 0.717) is 28.4 Å². The average molecular weight is 396 g/mol. The highest BCUT2D eigenvalue weighted by Gasteiger charge is 2.12. The van der Waals surface area contributed by atoms with Crippen molar-refractivity contribution in [3.8, 4) is 28.4 Å². The van der Waals surface area contributed by atoms with Crippen LogP contribution in [0.2, 0.25) is 0 Å². The predicted octanol–water partition coefficient (Wildman–Crippen LogP) is 4.34. The number of carbonyl (C=O) groups is 2. The zero-order valence-electron chi connectivity index (χ0n) is 16.8. The van der Waals surface area contributed by atoms with Crippen LogP contribution in [0.15, 0.2) is 66.8 Å². The summed E-state index contributed by atoms with van der Waals surface area (Å²) in [5.41, 5.74) is 2.48. The molecule has 0 heterocycles. The second-order valence-electron chi connectivity index (χ2n) is 6.32. The van der Waals surface area contributed by atoms with Crippen molar-refractivity contribution in [1.29, 1.82) is 0 Å². The minimum Gasteiger partial charge on any atom is -0.493 e. The molecule has 0 aromatic heterocycles. The number of hydrogen-bond donors (Lipinski definition) is 0. The molecule has 0 saturated carbocycles. The number of ether oxygens (including phenoxy) is 4. The first-order chi connectivity index (χ1) is 13.8. The molecule has 0 saturated heterocycles. The zero-order chi connectivity index (χ0) is 21.4. The Kier molecular flexibility index (Phi) is 7.60. The molecule has 0 aliphatic heterocycles. The van der Waals surface area contributed by atoms with Gasteiger partial charge in [-0.15, -0.1) is 0 Å². The van der Waals surface area contributed by atoms with Gasteiger partial charge in [0, 0.05) is 11.1 Å². The van der Waals surface area contributed by atoms with Gasteiger partial charge in [0.2, 0.25) is 0 Å². The molecule has 2 rings (SSSR count). The van der Waals surface area contributed by atoms with Crippen LogP contribution in [0, 0.1) is 0 Å². The molecule has 0 aliphatic rings. The van der Waals surface area contributed by atoms with Gasteiger partial charge in [0.15, 0.2) is 11.5 Å². The number of rotatable bonds is 9. The molecule has 6 heteroatoms. The van der Waals surface area contributed by atoms with Crippen LogP contribution in [0.5, 0.6) is 17.2 Å². The van der Waals surface area contributed by atoms with Gasteiger partial charge in [-0.05, 0) is 49.2 Å². The summed E-state index contributed by atoms with van der Waals surface area (Å²) in [7, 11) is 1.51. The number of carbonyl (C=O) groups excluding carboxylic acids is 2. The molecule has 0 N–H and O–H groups in total. The Labute approximate surface area is 170 Å². The number of methoxy groups -OCH3 is 1. The molecular weight excluding hydrogens is 372 g/mol. The maximum atomic E-state index is 11.7. The Bertz CT molecular complexity index is 911.